The normalized spacial score (nSPS) is 39.3. The molecule has 0 radical (unpaired) electrons. The lowest BCUT2D eigenvalue weighted by molar-refractivity contribution is -0.112. The van der Waals surface area contributed by atoms with Crippen molar-refractivity contribution in [1.29, 1.82) is 0 Å². The number of hydrogen-bond donors (Lipinski definition) is 0. The average Bonchev–Trinajstić information content (AvgIpc) is 2.48. The molecule has 2 fully saturated rings. The van der Waals surface area contributed by atoms with Gasteiger partial charge in [0.05, 0.1) is 6.10 Å². The molecule has 1 aliphatic heterocycles. The van der Waals surface area contributed by atoms with Crippen LogP contribution < -0.4 is 0 Å². The van der Waals surface area contributed by atoms with Crippen LogP contribution in [0.5, 0.6) is 0 Å². The van der Waals surface area contributed by atoms with Crippen LogP contribution >= 0.6 is 0 Å². The third-order valence-corrected chi connectivity index (χ3v) is 14.5. The molecule has 0 aromatic carbocycles. The third-order valence-electron chi connectivity index (χ3n) is 5.86. The molecule has 4 unspecified atom stereocenters. The SMILES string of the molecule is CC[Si]1(CC)OCC2C(C)C(C)C2O[Si](CC)(CC)O1. The maximum Gasteiger partial charge on any atom is 0.329 e. The van der Waals surface area contributed by atoms with E-state index in [-0.39, 0.29) is 0 Å². The van der Waals surface area contributed by atoms with E-state index in [1.54, 1.807) is 0 Å². The molecule has 1 saturated heterocycles. The minimum absolute atomic E-state index is 0.372. The lowest BCUT2D eigenvalue weighted by Crippen LogP contribution is -2.64. The first-order chi connectivity index (χ1) is 9.46. The molecule has 0 aromatic rings. The molecule has 4 atom stereocenters. The van der Waals surface area contributed by atoms with E-state index in [1.165, 1.54) is 0 Å². The Kier molecular flexibility index (Phi) is 5.17. The van der Waals surface area contributed by atoms with Crippen LogP contribution in [0.15, 0.2) is 0 Å². The molecule has 0 amide bonds. The molecule has 0 aromatic heterocycles. The van der Waals surface area contributed by atoms with E-state index in [2.05, 4.69) is 41.5 Å². The molecule has 20 heavy (non-hydrogen) atoms. The van der Waals surface area contributed by atoms with Crippen LogP contribution in [0.2, 0.25) is 24.2 Å². The van der Waals surface area contributed by atoms with Gasteiger partial charge >= 0.3 is 17.1 Å². The third kappa shape index (κ3) is 2.67. The van der Waals surface area contributed by atoms with Crippen LogP contribution in [-0.2, 0) is 13.0 Å². The molecule has 2 rings (SSSR count). The van der Waals surface area contributed by atoms with Crippen LogP contribution in [0.25, 0.3) is 0 Å². The molecule has 2 aliphatic rings. The molecule has 0 spiro atoms. The van der Waals surface area contributed by atoms with Crippen LogP contribution in [0, 0.1) is 17.8 Å². The second-order valence-corrected chi connectivity index (χ2v) is 14.4. The van der Waals surface area contributed by atoms with E-state index >= 15 is 0 Å². The molecule has 0 N–H and O–H groups in total. The molecule has 3 nitrogen and oxygen atoms in total. The molecular weight excluding hydrogens is 284 g/mol. The zero-order chi connectivity index (χ0) is 15.0. The van der Waals surface area contributed by atoms with E-state index < -0.39 is 17.1 Å². The molecule has 1 aliphatic carbocycles. The Balaban J connectivity index is 2.27. The van der Waals surface area contributed by atoms with Gasteiger partial charge in [0.1, 0.15) is 0 Å². The van der Waals surface area contributed by atoms with Crippen molar-refractivity contribution in [3.05, 3.63) is 0 Å². The van der Waals surface area contributed by atoms with Gasteiger partial charge in [-0.1, -0.05) is 41.5 Å². The fraction of sp³-hybridized carbons (Fsp3) is 1.00. The van der Waals surface area contributed by atoms with E-state index in [1.807, 2.05) is 0 Å². The summed E-state index contributed by atoms with van der Waals surface area (Å²) in [7, 11) is -4.12. The lowest BCUT2D eigenvalue weighted by Gasteiger charge is -2.55. The van der Waals surface area contributed by atoms with Gasteiger partial charge in [0.25, 0.3) is 0 Å². The van der Waals surface area contributed by atoms with Crippen molar-refractivity contribution in [3.8, 4) is 0 Å². The summed E-state index contributed by atoms with van der Waals surface area (Å²) in [5.41, 5.74) is 0. The second kappa shape index (κ2) is 6.20. The van der Waals surface area contributed by atoms with Gasteiger partial charge in [0, 0.05) is 12.5 Å². The maximum atomic E-state index is 6.73. The quantitative estimate of drug-likeness (QED) is 0.724. The Bertz CT molecular complexity index is 329. The van der Waals surface area contributed by atoms with Crippen molar-refractivity contribution in [2.75, 3.05) is 6.61 Å². The summed E-state index contributed by atoms with van der Waals surface area (Å²) >= 11 is 0. The summed E-state index contributed by atoms with van der Waals surface area (Å²) in [4.78, 5) is 0. The summed E-state index contributed by atoms with van der Waals surface area (Å²) in [6.45, 7) is 14.5. The molecule has 1 saturated carbocycles. The van der Waals surface area contributed by atoms with E-state index in [0.717, 1.165) is 36.7 Å². The van der Waals surface area contributed by atoms with E-state index in [4.69, 9.17) is 13.0 Å². The summed E-state index contributed by atoms with van der Waals surface area (Å²) in [5, 5.41) is 0. The predicted octanol–water partition coefficient (Wildman–Crippen LogP) is 4.28. The summed E-state index contributed by atoms with van der Waals surface area (Å²) in [6.07, 6.45) is 0.372. The Morgan fingerprint density at radius 3 is 1.90 bits per heavy atom. The van der Waals surface area contributed by atoms with E-state index in [9.17, 15) is 0 Å². The van der Waals surface area contributed by atoms with Crippen LogP contribution in [0.3, 0.4) is 0 Å². The standard InChI is InChI=1S/C15H32O3Si2/c1-7-19(8-2)16-11-14-12(5)13(6)15(14)17-20(9-3,10-4)18-19/h12-15H,7-11H2,1-6H3. The topological polar surface area (TPSA) is 27.7 Å². The van der Waals surface area contributed by atoms with Crippen molar-refractivity contribution in [1.82, 2.24) is 0 Å². The van der Waals surface area contributed by atoms with Crippen molar-refractivity contribution in [2.45, 2.75) is 71.8 Å². The van der Waals surface area contributed by atoms with Gasteiger partial charge in [0.2, 0.25) is 0 Å². The van der Waals surface area contributed by atoms with Crippen LogP contribution in [-0.4, -0.2) is 29.8 Å². The average molecular weight is 317 g/mol. The molecule has 118 valence electrons. The number of hydrogen-bond acceptors (Lipinski definition) is 3. The van der Waals surface area contributed by atoms with Gasteiger partial charge < -0.3 is 13.0 Å². The van der Waals surface area contributed by atoms with Gasteiger partial charge in [-0.05, 0) is 36.0 Å². The van der Waals surface area contributed by atoms with Crippen molar-refractivity contribution in [3.63, 3.8) is 0 Å². The smallest absolute Gasteiger partial charge is 0.329 e. The fourth-order valence-corrected chi connectivity index (χ4v) is 12.3. The number of fused-ring (bicyclic) bond motifs is 1. The monoisotopic (exact) mass is 316 g/mol. The second-order valence-electron chi connectivity index (χ2n) is 6.61. The zero-order valence-corrected chi connectivity index (χ0v) is 16.1. The Morgan fingerprint density at radius 1 is 0.850 bits per heavy atom. The maximum absolute atomic E-state index is 6.73. The summed E-state index contributed by atoms with van der Waals surface area (Å²) < 4.78 is 19.9. The fourth-order valence-electron chi connectivity index (χ4n) is 3.72. The Labute approximate surface area is 126 Å². The largest absolute Gasteiger partial charge is 0.414 e. The van der Waals surface area contributed by atoms with Gasteiger partial charge in [0.15, 0.2) is 0 Å². The molecule has 5 heteroatoms. The predicted molar refractivity (Wildman–Crippen MR) is 87.2 cm³/mol. The molecule has 1 heterocycles. The summed E-state index contributed by atoms with van der Waals surface area (Å²) in [6, 6.07) is 4.18. The first-order valence-electron chi connectivity index (χ1n) is 8.48. The van der Waals surface area contributed by atoms with Gasteiger partial charge in [-0.15, -0.1) is 0 Å². The highest BCUT2D eigenvalue weighted by atomic mass is 28.5. The lowest BCUT2D eigenvalue weighted by atomic mass is 9.64. The first kappa shape index (κ1) is 16.7. The van der Waals surface area contributed by atoms with Gasteiger partial charge in [-0.3, -0.25) is 0 Å². The molecule has 0 bridgehead atoms. The van der Waals surface area contributed by atoms with Crippen molar-refractivity contribution < 1.29 is 13.0 Å². The van der Waals surface area contributed by atoms with Crippen molar-refractivity contribution in [2.24, 2.45) is 17.8 Å². The first-order valence-corrected chi connectivity index (χ1v) is 12.9. The van der Waals surface area contributed by atoms with Gasteiger partial charge in [-0.25, -0.2) is 0 Å². The van der Waals surface area contributed by atoms with Gasteiger partial charge in [-0.2, -0.15) is 0 Å². The molecular formula is C15H32O3Si2. The number of rotatable bonds is 4. The minimum Gasteiger partial charge on any atom is -0.414 e. The highest BCUT2D eigenvalue weighted by molar-refractivity contribution is 6.81. The minimum atomic E-state index is -2.08. The Morgan fingerprint density at radius 2 is 1.40 bits per heavy atom. The Hall–Kier alpha value is 0.314. The zero-order valence-electron chi connectivity index (χ0n) is 14.1. The van der Waals surface area contributed by atoms with E-state index in [0.29, 0.717) is 17.9 Å². The summed E-state index contributed by atoms with van der Waals surface area (Å²) in [5.74, 6) is 1.96. The van der Waals surface area contributed by atoms with Crippen molar-refractivity contribution >= 4 is 17.1 Å². The van der Waals surface area contributed by atoms with Crippen LogP contribution in [0.1, 0.15) is 41.5 Å². The highest BCUT2D eigenvalue weighted by Gasteiger charge is 2.55. The highest BCUT2D eigenvalue weighted by Crippen LogP contribution is 2.47. The van der Waals surface area contributed by atoms with Crippen LogP contribution in [0.4, 0.5) is 0 Å².